The summed E-state index contributed by atoms with van der Waals surface area (Å²) in [7, 11) is 0. The first-order valence-electron chi connectivity index (χ1n) is 14.3. The van der Waals surface area contributed by atoms with E-state index in [1.807, 2.05) is 32.5 Å². The zero-order chi connectivity index (χ0) is 32.5. The fraction of sp³-hybridized carbons (Fsp3) is 0.714. The number of amides is 4. The number of rotatable bonds is 13. The highest BCUT2D eigenvalue weighted by Crippen LogP contribution is 2.31. The lowest BCUT2D eigenvalue weighted by molar-refractivity contribution is -0.189. The predicted octanol–water partition coefficient (Wildman–Crippen LogP) is 2.63. The van der Waals surface area contributed by atoms with Gasteiger partial charge in [-0.25, -0.2) is 4.79 Å². The van der Waals surface area contributed by atoms with Crippen molar-refractivity contribution >= 4 is 29.6 Å². The fourth-order valence-corrected chi connectivity index (χ4v) is 5.32. The lowest BCUT2D eigenvalue weighted by Gasteiger charge is -2.29. The molecule has 0 bridgehead atoms. The van der Waals surface area contributed by atoms with Crippen molar-refractivity contribution in [2.24, 2.45) is 16.9 Å². The Hall–Kier alpha value is -2.62. The third-order valence-corrected chi connectivity index (χ3v) is 8.38. The molecule has 0 aliphatic carbocycles. The van der Waals surface area contributed by atoms with Crippen molar-refractivity contribution in [1.29, 1.82) is 0 Å². The molecular formula is C28H46F3N7O4S. The fourth-order valence-electron chi connectivity index (χ4n) is 4.04. The molecule has 0 unspecified atom stereocenters. The van der Waals surface area contributed by atoms with Gasteiger partial charge in [0.25, 0.3) is 0 Å². The number of pyridine rings is 1. The predicted molar refractivity (Wildman–Crippen MR) is 160 cm³/mol. The first kappa shape index (κ1) is 36.6. The molecule has 15 heteroatoms. The summed E-state index contributed by atoms with van der Waals surface area (Å²) in [4.78, 5) is 38.8. The molecule has 8 N–H and O–H groups in total. The Morgan fingerprint density at radius 1 is 1.09 bits per heavy atom. The lowest BCUT2D eigenvalue weighted by Crippen LogP contribution is -2.58. The summed E-state index contributed by atoms with van der Waals surface area (Å²) in [5.74, 6) is 1.89. The van der Waals surface area contributed by atoms with Gasteiger partial charge < -0.3 is 37.5 Å². The first-order valence-corrected chi connectivity index (χ1v) is 15.5. The van der Waals surface area contributed by atoms with Crippen LogP contribution in [-0.2, 0) is 26.5 Å². The minimum atomic E-state index is -4.85. The van der Waals surface area contributed by atoms with Gasteiger partial charge in [-0.1, -0.05) is 33.3 Å². The lowest BCUT2D eigenvalue weighted by atomic mass is 9.88. The average molecular weight is 634 g/mol. The van der Waals surface area contributed by atoms with Crippen molar-refractivity contribution in [2.45, 2.75) is 96.4 Å². The molecule has 4 amide bonds. The van der Waals surface area contributed by atoms with Crippen molar-refractivity contribution < 1.29 is 32.3 Å². The largest absolute Gasteiger partial charge is 0.425 e. The van der Waals surface area contributed by atoms with Crippen LogP contribution in [0.4, 0.5) is 18.0 Å². The number of halogens is 3. The standard InChI is InChI=1S/C23H38F3N5O3.C5H8N2OS/c1-6-7-8-18(32)31-15-21(4,5)34-12-11-20(2,3)19(33)30-14-16-9-10-17(29-13-16)22(27,28)23(24,25)26;8-5-6-3-1-9-2-4(3)7-5/h9-10,13H,6-8,11-12,14-15,27-28H2,1-5H3,(H,30,33)(H,31,32);3-4H,1-2H2,(H2,6,7,8)/t;3-,4+. The van der Waals surface area contributed by atoms with Crippen LogP contribution in [0.2, 0.25) is 0 Å². The van der Waals surface area contributed by atoms with Crippen LogP contribution >= 0.6 is 11.8 Å². The molecule has 3 rings (SSSR count). The molecule has 43 heavy (non-hydrogen) atoms. The number of ether oxygens (including phenoxy) is 1. The Kier molecular flexibility index (Phi) is 13.1. The number of nitrogens with two attached hydrogens (primary N) is 2. The molecule has 11 nitrogen and oxygen atoms in total. The number of carbonyl (C=O) groups excluding carboxylic acids is 3. The Labute approximate surface area is 255 Å². The number of urea groups is 1. The van der Waals surface area contributed by atoms with Crippen LogP contribution in [0.15, 0.2) is 18.3 Å². The van der Waals surface area contributed by atoms with Gasteiger partial charge in [0.05, 0.1) is 23.4 Å². The second kappa shape index (κ2) is 15.4. The van der Waals surface area contributed by atoms with Gasteiger partial charge in [-0.2, -0.15) is 24.9 Å². The van der Waals surface area contributed by atoms with Crippen LogP contribution in [0.5, 0.6) is 0 Å². The number of thioether (sulfide) groups is 1. The number of alkyl halides is 3. The molecule has 1 aromatic heterocycles. The minimum Gasteiger partial charge on any atom is -0.374 e. The highest BCUT2D eigenvalue weighted by atomic mass is 32.2. The van der Waals surface area contributed by atoms with Crippen molar-refractivity contribution in [1.82, 2.24) is 26.3 Å². The van der Waals surface area contributed by atoms with E-state index in [2.05, 4.69) is 26.3 Å². The van der Waals surface area contributed by atoms with E-state index in [1.54, 1.807) is 13.8 Å². The van der Waals surface area contributed by atoms with E-state index in [1.165, 1.54) is 12.3 Å². The summed E-state index contributed by atoms with van der Waals surface area (Å²) in [5.41, 5.74) is 5.92. The van der Waals surface area contributed by atoms with Gasteiger partial charge >= 0.3 is 12.2 Å². The number of aromatic nitrogens is 1. The van der Waals surface area contributed by atoms with E-state index < -0.39 is 28.5 Å². The number of carbonyl (C=O) groups is 3. The normalized spacial score (nSPS) is 18.6. The summed E-state index contributed by atoms with van der Waals surface area (Å²) < 4.78 is 44.7. The molecule has 1 aromatic rings. The van der Waals surface area contributed by atoms with Crippen LogP contribution in [0, 0.1) is 5.41 Å². The highest BCUT2D eigenvalue weighted by Gasteiger charge is 2.51. The van der Waals surface area contributed by atoms with E-state index in [-0.39, 0.29) is 24.4 Å². The summed E-state index contributed by atoms with van der Waals surface area (Å²) in [6.45, 7) is 10.1. The monoisotopic (exact) mass is 633 g/mol. The topological polar surface area (TPSA) is 173 Å². The van der Waals surface area contributed by atoms with Gasteiger partial charge in [0, 0.05) is 49.2 Å². The van der Waals surface area contributed by atoms with Crippen LogP contribution < -0.4 is 32.7 Å². The minimum absolute atomic E-state index is 0.00491. The Bertz CT molecular complexity index is 1070. The maximum absolute atomic E-state index is 12.9. The van der Waals surface area contributed by atoms with Crippen molar-refractivity contribution in [3.63, 3.8) is 0 Å². The molecule has 244 valence electrons. The van der Waals surface area contributed by atoms with E-state index in [0.29, 0.717) is 43.6 Å². The highest BCUT2D eigenvalue weighted by molar-refractivity contribution is 7.99. The quantitative estimate of drug-likeness (QED) is 0.142. The van der Waals surface area contributed by atoms with Crippen molar-refractivity contribution in [3.8, 4) is 0 Å². The molecule has 2 aliphatic heterocycles. The smallest absolute Gasteiger partial charge is 0.374 e. The van der Waals surface area contributed by atoms with E-state index in [0.717, 1.165) is 30.4 Å². The summed E-state index contributed by atoms with van der Waals surface area (Å²) in [6, 6.07) is 3.29. The van der Waals surface area contributed by atoms with Crippen LogP contribution in [0.25, 0.3) is 0 Å². The molecule has 0 aromatic carbocycles. The Morgan fingerprint density at radius 3 is 2.26 bits per heavy atom. The molecule has 2 fully saturated rings. The molecule has 3 heterocycles. The Balaban J connectivity index is 0.000000597. The van der Waals surface area contributed by atoms with Crippen LogP contribution in [0.3, 0.4) is 0 Å². The number of nitrogens with one attached hydrogen (secondary N) is 4. The molecule has 0 radical (unpaired) electrons. The van der Waals surface area contributed by atoms with E-state index in [9.17, 15) is 27.6 Å². The maximum atomic E-state index is 12.9. The maximum Gasteiger partial charge on any atom is 0.425 e. The average Bonchev–Trinajstić information content (AvgIpc) is 3.50. The number of hydrogen-bond donors (Lipinski definition) is 6. The van der Waals surface area contributed by atoms with Crippen molar-refractivity contribution in [3.05, 3.63) is 29.6 Å². The zero-order valence-electron chi connectivity index (χ0n) is 25.5. The van der Waals surface area contributed by atoms with Gasteiger partial charge in [0.2, 0.25) is 17.5 Å². The molecule has 0 saturated carbocycles. The molecule has 2 aliphatic rings. The van der Waals surface area contributed by atoms with Gasteiger partial charge in [-0.15, -0.1) is 0 Å². The summed E-state index contributed by atoms with van der Waals surface area (Å²) in [6.07, 6.45) is -0.949. The van der Waals surface area contributed by atoms with Crippen molar-refractivity contribution in [2.75, 3.05) is 24.7 Å². The zero-order valence-corrected chi connectivity index (χ0v) is 26.3. The van der Waals surface area contributed by atoms with Gasteiger partial charge in [-0.05, 0) is 38.3 Å². The van der Waals surface area contributed by atoms with Gasteiger partial charge in [-0.3, -0.25) is 14.6 Å². The summed E-state index contributed by atoms with van der Waals surface area (Å²) >= 11 is 1.89. The molecular weight excluding hydrogens is 587 g/mol. The number of fused-ring (bicyclic) bond motifs is 1. The number of nitrogens with zero attached hydrogens (tertiary/aromatic N) is 1. The third-order valence-electron chi connectivity index (χ3n) is 7.19. The molecule has 0 spiro atoms. The van der Waals surface area contributed by atoms with Gasteiger partial charge in [0.15, 0.2) is 0 Å². The molecule has 2 atom stereocenters. The SMILES string of the molecule is CCCCC(=O)NCC(C)(C)OCCC(C)(C)C(=O)NCc1ccc(C(N)(N)C(F)(F)F)nc1.O=C1N[C@H]2CSC[C@H]2N1. The second-order valence-corrected chi connectivity index (χ2v) is 13.2. The number of hydrogen-bond acceptors (Lipinski definition) is 8. The van der Waals surface area contributed by atoms with Gasteiger partial charge in [0.1, 0.15) is 0 Å². The number of unbranched alkanes of at least 4 members (excludes halogenated alkanes) is 1. The second-order valence-electron chi connectivity index (χ2n) is 12.1. The van der Waals surface area contributed by atoms with E-state index in [4.69, 9.17) is 16.2 Å². The Morgan fingerprint density at radius 2 is 1.72 bits per heavy atom. The molecule has 2 saturated heterocycles. The van der Waals surface area contributed by atoms with Crippen LogP contribution in [-0.4, -0.2) is 71.3 Å². The third kappa shape index (κ3) is 11.4. The summed E-state index contributed by atoms with van der Waals surface area (Å²) in [5, 5.41) is 11.3. The van der Waals surface area contributed by atoms with E-state index >= 15 is 0 Å². The first-order chi connectivity index (χ1) is 19.9. The van der Waals surface area contributed by atoms with Crippen LogP contribution in [0.1, 0.15) is 71.6 Å².